The molecule has 2 aromatic carbocycles. The molecule has 6 heteroatoms. The van der Waals surface area contributed by atoms with E-state index >= 15 is 0 Å². The van der Waals surface area contributed by atoms with Gasteiger partial charge < -0.3 is 10.2 Å². The molecule has 140 valence electrons. The fourth-order valence-corrected chi connectivity index (χ4v) is 3.04. The van der Waals surface area contributed by atoms with Gasteiger partial charge in [-0.15, -0.1) is 0 Å². The molecule has 0 aliphatic carbocycles. The number of hydrogen-bond acceptors (Lipinski definition) is 2. The van der Waals surface area contributed by atoms with Crippen LogP contribution in [-0.4, -0.2) is 27.3 Å². The molecule has 0 spiro atoms. The summed E-state index contributed by atoms with van der Waals surface area (Å²) in [7, 11) is 3.52. The first-order chi connectivity index (χ1) is 12.9. The molecule has 0 saturated carbocycles. The van der Waals surface area contributed by atoms with Gasteiger partial charge in [0.05, 0.1) is 17.4 Å². The lowest BCUT2D eigenvalue weighted by molar-refractivity contribution is 0.208. The number of carbonyl (C=O) groups is 1. The van der Waals surface area contributed by atoms with Gasteiger partial charge in [-0.05, 0) is 31.5 Å². The van der Waals surface area contributed by atoms with E-state index in [0.717, 1.165) is 11.3 Å². The molecule has 3 rings (SSSR count). The van der Waals surface area contributed by atoms with E-state index in [0.29, 0.717) is 11.4 Å². The first-order valence-corrected chi connectivity index (χ1v) is 8.84. The lowest BCUT2D eigenvalue weighted by Gasteiger charge is -2.25. The van der Waals surface area contributed by atoms with Crippen LogP contribution in [0.1, 0.15) is 24.2 Å². The normalized spacial score (nSPS) is 11.9. The molecule has 0 aliphatic heterocycles. The average Bonchev–Trinajstić information content (AvgIpc) is 2.91. The van der Waals surface area contributed by atoms with E-state index in [1.54, 1.807) is 28.4 Å². The number of anilines is 1. The van der Waals surface area contributed by atoms with Gasteiger partial charge in [0, 0.05) is 14.1 Å². The van der Waals surface area contributed by atoms with Crippen molar-refractivity contribution < 1.29 is 4.79 Å². The van der Waals surface area contributed by atoms with E-state index in [4.69, 9.17) is 0 Å². The Balaban J connectivity index is 1.88. The number of benzene rings is 2. The number of urea groups is 1. The summed E-state index contributed by atoms with van der Waals surface area (Å²) in [5.74, 6) is 0. The van der Waals surface area contributed by atoms with Crippen molar-refractivity contribution in [3.63, 3.8) is 0 Å². The quantitative estimate of drug-likeness (QED) is 0.767. The number of nitrogens with zero attached hydrogens (tertiary/aromatic N) is 3. The van der Waals surface area contributed by atoms with E-state index in [9.17, 15) is 9.59 Å². The van der Waals surface area contributed by atoms with Crippen molar-refractivity contribution in [2.45, 2.75) is 19.9 Å². The summed E-state index contributed by atoms with van der Waals surface area (Å²) in [6.45, 7) is 3.77. The smallest absolute Gasteiger partial charge is 0.321 e. The minimum absolute atomic E-state index is 0.119. The van der Waals surface area contributed by atoms with Crippen molar-refractivity contribution in [3.8, 4) is 5.69 Å². The maximum absolute atomic E-state index is 12.9. The predicted octanol–water partition coefficient (Wildman–Crippen LogP) is 3.71. The van der Waals surface area contributed by atoms with E-state index in [1.807, 2.05) is 74.5 Å². The van der Waals surface area contributed by atoms with Gasteiger partial charge in [-0.25, -0.2) is 9.48 Å². The second-order valence-corrected chi connectivity index (χ2v) is 6.56. The Bertz CT molecular complexity index is 990. The van der Waals surface area contributed by atoms with Crippen molar-refractivity contribution in [2.75, 3.05) is 12.4 Å². The molecular weight excluding hydrogens is 340 g/mol. The second-order valence-electron chi connectivity index (χ2n) is 6.56. The van der Waals surface area contributed by atoms with Crippen LogP contribution in [0.15, 0.2) is 65.5 Å². The van der Waals surface area contributed by atoms with Gasteiger partial charge in [0.15, 0.2) is 0 Å². The monoisotopic (exact) mass is 364 g/mol. The topological polar surface area (TPSA) is 59.3 Å². The number of hydrogen-bond donors (Lipinski definition) is 1. The Kier molecular flexibility index (Phi) is 5.16. The summed E-state index contributed by atoms with van der Waals surface area (Å²) in [5.41, 5.74) is 2.51. The molecule has 0 saturated heterocycles. The highest BCUT2D eigenvalue weighted by Crippen LogP contribution is 2.20. The highest BCUT2D eigenvalue weighted by Gasteiger charge is 2.22. The number of carbonyl (C=O) groups excluding carboxylic acids is 1. The molecule has 2 amide bonds. The summed E-state index contributed by atoms with van der Waals surface area (Å²) in [5, 5.41) is 2.79. The predicted molar refractivity (Wildman–Crippen MR) is 107 cm³/mol. The van der Waals surface area contributed by atoms with Crippen molar-refractivity contribution in [1.82, 2.24) is 14.3 Å². The summed E-state index contributed by atoms with van der Waals surface area (Å²) < 4.78 is 3.29. The molecule has 0 aliphatic rings. The Morgan fingerprint density at radius 2 is 1.59 bits per heavy atom. The largest absolute Gasteiger partial charge is 0.322 e. The SMILES string of the molecule is Cc1c(NC(=O)N(C)C(C)c2ccccc2)c(=O)n(-c2ccccc2)n1C. The van der Waals surface area contributed by atoms with Crippen LogP contribution < -0.4 is 10.9 Å². The molecule has 3 aromatic rings. The standard InChI is InChI=1S/C21H24N4O2/c1-15(17-11-7-5-8-12-17)23(3)21(27)22-19-16(2)24(4)25(20(19)26)18-13-9-6-10-14-18/h5-15H,1-4H3,(H,22,27). The van der Waals surface area contributed by atoms with E-state index in [1.165, 1.54) is 0 Å². The minimum Gasteiger partial charge on any atom is -0.321 e. The zero-order valence-electron chi connectivity index (χ0n) is 16.0. The van der Waals surface area contributed by atoms with Crippen LogP contribution in [0.2, 0.25) is 0 Å². The van der Waals surface area contributed by atoms with Crippen molar-refractivity contribution in [1.29, 1.82) is 0 Å². The number of aromatic nitrogens is 2. The van der Waals surface area contributed by atoms with Crippen molar-refractivity contribution >= 4 is 11.7 Å². The Labute approximate surface area is 158 Å². The highest BCUT2D eigenvalue weighted by atomic mass is 16.2. The van der Waals surface area contributed by atoms with Gasteiger partial charge in [0.1, 0.15) is 5.69 Å². The fraction of sp³-hybridized carbons (Fsp3) is 0.238. The van der Waals surface area contributed by atoms with Crippen molar-refractivity contribution in [3.05, 3.63) is 82.3 Å². The van der Waals surface area contributed by atoms with Crippen LogP contribution in [0.25, 0.3) is 5.69 Å². The summed E-state index contributed by atoms with van der Waals surface area (Å²) in [6.07, 6.45) is 0. The van der Waals surface area contributed by atoms with Crippen LogP contribution >= 0.6 is 0 Å². The first kappa shape index (κ1) is 18.5. The van der Waals surface area contributed by atoms with Gasteiger partial charge in [0.25, 0.3) is 5.56 Å². The molecule has 1 atom stereocenters. The Morgan fingerprint density at radius 1 is 1.04 bits per heavy atom. The first-order valence-electron chi connectivity index (χ1n) is 8.84. The van der Waals surface area contributed by atoms with Gasteiger partial charge in [-0.1, -0.05) is 48.5 Å². The lowest BCUT2D eigenvalue weighted by Crippen LogP contribution is -2.35. The molecule has 1 unspecified atom stereocenters. The Hall–Kier alpha value is -3.28. The molecule has 1 aromatic heterocycles. The summed E-state index contributed by atoms with van der Waals surface area (Å²) >= 11 is 0. The second kappa shape index (κ2) is 7.53. The number of nitrogens with one attached hydrogen (secondary N) is 1. The van der Waals surface area contributed by atoms with Gasteiger partial charge >= 0.3 is 6.03 Å². The molecule has 6 nitrogen and oxygen atoms in total. The fourth-order valence-electron chi connectivity index (χ4n) is 3.04. The molecule has 27 heavy (non-hydrogen) atoms. The summed E-state index contributed by atoms with van der Waals surface area (Å²) in [4.78, 5) is 27.3. The van der Waals surface area contributed by atoms with Crippen LogP contribution in [0.4, 0.5) is 10.5 Å². The third kappa shape index (κ3) is 3.51. The zero-order chi connectivity index (χ0) is 19.6. The Morgan fingerprint density at radius 3 is 2.19 bits per heavy atom. The minimum atomic E-state index is -0.322. The van der Waals surface area contributed by atoms with Crippen molar-refractivity contribution in [2.24, 2.45) is 7.05 Å². The van der Waals surface area contributed by atoms with Crippen LogP contribution in [0, 0.1) is 6.92 Å². The van der Waals surface area contributed by atoms with Crippen LogP contribution in [0.3, 0.4) is 0 Å². The van der Waals surface area contributed by atoms with E-state index in [-0.39, 0.29) is 17.6 Å². The number of amides is 2. The van der Waals surface area contributed by atoms with E-state index < -0.39 is 0 Å². The molecule has 0 fully saturated rings. The third-order valence-electron chi connectivity index (χ3n) is 4.97. The number of rotatable bonds is 4. The molecule has 1 heterocycles. The molecule has 0 bridgehead atoms. The van der Waals surface area contributed by atoms with Gasteiger partial charge in [-0.3, -0.25) is 9.48 Å². The molecule has 1 N–H and O–H groups in total. The summed E-state index contributed by atoms with van der Waals surface area (Å²) in [6, 6.07) is 18.7. The molecular formula is C21H24N4O2. The van der Waals surface area contributed by atoms with E-state index in [2.05, 4.69) is 5.32 Å². The maximum Gasteiger partial charge on any atom is 0.322 e. The lowest BCUT2D eigenvalue weighted by atomic mass is 10.1. The van der Waals surface area contributed by atoms with Gasteiger partial charge in [-0.2, -0.15) is 0 Å². The average molecular weight is 364 g/mol. The van der Waals surface area contributed by atoms with Gasteiger partial charge in [0.2, 0.25) is 0 Å². The maximum atomic E-state index is 12.9. The third-order valence-corrected chi connectivity index (χ3v) is 4.97. The number of para-hydroxylation sites is 1. The zero-order valence-corrected chi connectivity index (χ0v) is 16.0. The van der Waals surface area contributed by atoms with Crippen LogP contribution in [-0.2, 0) is 7.05 Å². The highest BCUT2D eigenvalue weighted by molar-refractivity contribution is 5.90. The molecule has 0 radical (unpaired) electrons. The van der Waals surface area contributed by atoms with Crippen LogP contribution in [0.5, 0.6) is 0 Å².